The minimum atomic E-state index is -0.651. The van der Waals surface area contributed by atoms with Gasteiger partial charge in [-0.05, 0) is 12.8 Å². The molecule has 0 aromatic rings. The van der Waals surface area contributed by atoms with Crippen LogP contribution in [0.15, 0.2) is 0 Å². The highest BCUT2D eigenvalue weighted by atomic mass is 16.3. The van der Waals surface area contributed by atoms with Crippen molar-refractivity contribution in [3.8, 4) is 0 Å². The maximum atomic E-state index is 12.3. The second-order valence-corrected chi connectivity index (χ2v) is 15.1. The topological polar surface area (TPSA) is 69.6 Å². The second-order valence-electron chi connectivity index (χ2n) is 15.1. The fourth-order valence-corrected chi connectivity index (χ4v) is 7.01. The summed E-state index contributed by atoms with van der Waals surface area (Å²) in [6.45, 7) is 4.34. The lowest BCUT2D eigenvalue weighted by Crippen LogP contribution is -2.45. The van der Waals surface area contributed by atoms with Gasteiger partial charge in [-0.25, -0.2) is 0 Å². The van der Waals surface area contributed by atoms with Crippen molar-refractivity contribution in [3.63, 3.8) is 0 Å². The number of aliphatic hydroxyl groups excluding tert-OH is 2. The molecule has 0 aliphatic rings. The summed E-state index contributed by atoms with van der Waals surface area (Å²) in [7, 11) is 0. The standard InChI is InChI=1S/C43H87NO3/c1-3-5-7-9-11-13-14-15-16-17-18-19-20-21-22-23-24-25-26-27-28-29-30-31-32-34-36-38-42(46)41(40-45)44-43(47)39-37-35-33-12-10-8-6-4-2/h41-42,45-46H,3-40H2,1-2H3,(H,44,47). The summed E-state index contributed by atoms with van der Waals surface area (Å²) in [6, 6.07) is -0.527. The number of hydrogen-bond acceptors (Lipinski definition) is 3. The largest absolute Gasteiger partial charge is 0.394 e. The first-order valence-corrected chi connectivity index (χ1v) is 21.7. The van der Waals surface area contributed by atoms with Crippen molar-refractivity contribution in [1.29, 1.82) is 0 Å². The molecule has 2 unspecified atom stereocenters. The normalized spacial score (nSPS) is 12.9. The van der Waals surface area contributed by atoms with Gasteiger partial charge in [0.25, 0.3) is 0 Å². The third-order valence-corrected chi connectivity index (χ3v) is 10.4. The Hall–Kier alpha value is -0.610. The van der Waals surface area contributed by atoms with Crippen LogP contribution in [0, 0.1) is 0 Å². The zero-order valence-corrected chi connectivity index (χ0v) is 32.3. The minimum Gasteiger partial charge on any atom is -0.394 e. The van der Waals surface area contributed by atoms with Crippen molar-refractivity contribution in [2.24, 2.45) is 0 Å². The van der Waals surface area contributed by atoms with Gasteiger partial charge < -0.3 is 15.5 Å². The predicted molar refractivity (Wildman–Crippen MR) is 207 cm³/mol. The molecule has 1 amide bonds. The number of hydrogen-bond donors (Lipinski definition) is 3. The van der Waals surface area contributed by atoms with E-state index in [1.165, 1.54) is 199 Å². The van der Waals surface area contributed by atoms with Crippen LogP contribution in [0.3, 0.4) is 0 Å². The van der Waals surface area contributed by atoms with Crippen molar-refractivity contribution in [2.45, 2.75) is 264 Å². The molecule has 0 heterocycles. The zero-order chi connectivity index (χ0) is 34.3. The van der Waals surface area contributed by atoms with Crippen LogP contribution in [-0.2, 0) is 4.79 Å². The molecule has 2 atom stereocenters. The Bertz CT molecular complexity index is 598. The average Bonchev–Trinajstić information content (AvgIpc) is 3.07. The molecule has 0 aliphatic carbocycles. The fourth-order valence-electron chi connectivity index (χ4n) is 7.01. The van der Waals surface area contributed by atoms with Crippen LogP contribution >= 0.6 is 0 Å². The van der Waals surface area contributed by atoms with Gasteiger partial charge in [0.1, 0.15) is 0 Å². The molecule has 0 aromatic heterocycles. The Labute approximate surface area is 295 Å². The SMILES string of the molecule is CCCCCCCCCCCCCCCCCCCCCCCCCCCCCC(O)C(CO)NC(=O)CCCCCCCCCC. The number of aliphatic hydroxyl groups is 2. The third-order valence-electron chi connectivity index (χ3n) is 10.4. The van der Waals surface area contributed by atoms with E-state index in [0.717, 1.165) is 25.7 Å². The molecule has 0 bridgehead atoms. The van der Waals surface area contributed by atoms with Crippen molar-refractivity contribution < 1.29 is 15.0 Å². The van der Waals surface area contributed by atoms with Gasteiger partial charge in [-0.15, -0.1) is 0 Å². The van der Waals surface area contributed by atoms with Crippen molar-refractivity contribution in [3.05, 3.63) is 0 Å². The summed E-state index contributed by atoms with van der Waals surface area (Å²) in [5.41, 5.74) is 0. The number of rotatable bonds is 40. The molecule has 0 radical (unpaired) electrons. The van der Waals surface area contributed by atoms with E-state index in [9.17, 15) is 15.0 Å². The second kappa shape index (κ2) is 39.8. The molecule has 0 rings (SSSR count). The van der Waals surface area contributed by atoms with E-state index in [1.807, 2.05) is 0 Å². The van der Waals surface area contributed by atoms with Crippen LogP contribution in [0.1, 0.15) is 251 Å². The van der Waals surface area contributed by atoms with Gasteiger partial charge >= 0.3 is 0 Å². The summed E-state index contributed by atoms with van der Waals surface area (Å²) in [5, 5.41) is 23.0. The maximum absolute atomic E-state index is 12.3. The number of amides is 1. The molecule has 0 aromatic carbocycles. The van der Waals surface area contributed by atoms with Gasteiger partial charge in [0, 0.05) is 6.42 Å². The van der Waals surface area contributed by atoms with E-state index < -0.39 is 12.1 Å². The predicted octanol–water partition coefficient (Wildman–Crippen LogP) is 13.3. The molecule has 3 N–H and O–H groups in total. The highest BCUT2D eigenvalue weighted by Crippen LogP contribution is 2.17. The minimum absolute atomic E-state index is 0.0331. The van der Waals surface area contributed by atoms with Crippen molar-refractivity contribution in [1.82, 2.24) is 5.32 Å². The van der Waals surface area contributed by atoms with E-state index in [0.29, 0.717) is 12.8 Å². The molecule has 4 nitrogen and oxygen atoms in total. The van der Waals surface area contributed by atoms with E-state index in [1.54, 1.807) is 0 Å². The summed E-state index contributed by atoms with van der Waals surface area (Å²) in [5.74, 6) is -0.0331. The Morgan fingerprint density at radius 2 is 0.681 bits per heavy atom. The summed E-state index contributed by atoms with van der Waals surface area (Å²) >= 11 is 0. The first-order chi connectivity index (χ1) is 23.2. The van der Waals surface area contributed by atoms with E-state index in [-0.39, 0.29) is 12.5 Å². The molecule has 47 heavy (non-hydrogen) atoms. The molecule has 0 aliphatic heterocycles. The van der Waals surface area contributed by atoms with E-state index in [4.69, 9.17) is 0 Å². The highest BCUT2D eigenvalue weighted by Gasteiger charge is 2.20. The third kappa shape index (κ3) is 36.5. The van der Waals surface area contributed by atoms with E-state index >= 15 is 0 Å². The van der Waals surface area contributed by atoms with Gasteiger partial charge in [-0.1, -0.05) is 232 Å². The summed E-state index contributed by atoms with van der Waals surface area (Å²) in [4.78, 5) is 12.3. The molecule has 0 fully saturated rings. The van der Waals surface area contributed by atoms with Crippen molar-refractivity contribution in [2.75, 3.05) is 6.61 Å². The summed E-state index contributed by atoms with van der Waals surface area (Å²) in [6.07, 6.45) is 47.8. The van der Waals surface area contributed by atoms with Gasteiger partial charge in [0.2, 0.25) is 5.91 Å². The van der Waals surface area contributed by atoms with Crippen LogP contribution in [-0.4, -0.2) is 34.9 Å². The molecule has 282 valence electrons. The van der Waals surface area contributed by atoms with E-state index in [2.05, 4.69) is 19.2 Å². The fraction of sp³-hybridized carbons (Fsp3) is 0.977. The Morgan fingerprint density at radius 3 is 0.957 bits per heavy atom. The van der Waals surface area contributed by atoms with Gasteiger partial charge in [-0.2, -0.15) is 0 Å². The summed E-state index contributed by atoms with van der Waals surface area (Å²) < 4.78 is 0. The first kappa shape index (κ1) is 46.4. The lowest BCUT2D eigenvalue weighted by molar-refractivity contribution is -0.123. The van der Waals surface area contributed by atoms with Crippen LogP contribution in [0.2, 0.25) is 0 Å². The molecule has 0 spiro atoms. The molecular weight excluding hydrogens is 578 g/mol. The van der Waals surface area contributed by atoms with Crippen LogP contribution < -0.4 is 5.32 Å². The molecule has 0 saturated heterocycles. The average molecular weight is 666 g/mol. The zero-order valence-electron chi connectivity index (χ0n) is 32.3. The number of carbonyl (C=O) groups excluding carboxylic acids is 1. The Balaban J connectivity index is 3.36. The van der Waals surface area contributed by atoms with Gasteiger partial charge in [0.05, 0.1) is 18.8 Å². The Morgan fingerprint density at radius 1 is 0.426 bits per heavy atom. The number of nitrogens with one attached hydrogen (secondary N) is 1. The van der Waals surface area contributed by atoms with Gasteiger partial charge in [-0.3, -0.25) is 4.79 Å². The number of unbranched alkanes of at least 4 members (excludes halogenated alkanes) is 33. The molecule has 4 heteroatoms. The van der Waals surface area contributed by atoms with Crippen LogP contribution in [0.25, 0.3) is 0 Å². The molecular formula is C43H87NO3. The lowest BCUT2D eigenvalue weighted by atomic mass is 10.0. The highest BCUT2D eigenvalue weighted by molar-refractivity contribution is 5.76. The number of carbonyl (C=O) groups is 1. The Kier molecular flexibility index (Phi) is 39.3. The lowest BCUT2D eigenvalue weighted by Gasteiger charge is -2.22. The van der Waals surface area contributed by atoms with Gasteiger partial charge in [0.15, 0.2) is 0 Å². The smallest absolute Gasteiger partial charge is 0.220 e. The van der Waals surface area contributed by atoms with Crippen LogP contribution in [0.5, 0.6) is 0 Å². The maximum Gasteiger partial charge on any atom is 0.220 e. The monoisotopic (exact) mass is 666 g/mol. The van der Waals surface area contributed by atoms with Crippen LogP contribution in [0.4, 0.5) is 0 Å². The first-order valence-electron chi connectivity index (χ1n) is 21.7. The quantitative estimate of drug-likeness (QED) is 0.0570. The van der Waals surface area contributed by atoms with Crippen molar-refractivity contribution >= 4 is 5.91 Å². The molecule has 0 saturated carbocycles.